The molecule has 0 N–H and O–H groups in total. The fourth-order valence-corrected chi connectivity index (χ4v) is 1.87. The van der Waals surface area contributed by atoms with Crippen LogP contribution in [0.4, 0.5) is 0 Å². The van der Waals surface area contributed by atoms with E-state index in [-0.39, 0.29) is 5.54 Å². The van der Waals surface area contributed by atoms with Crippen molar-refractivity contribution < 1.29 is 4.74 Å². The predicted molar refractivity (Wildman–Crippen MR) is 59.6 cm³/mol. The number of nitrogens with zero attached hydrogens (tertiary/aromatic N) is 2. The van der Waals surface area contributed by atoms with E-state index < -0.39 is 0 Å². The third kappa shape index (κ3) is 2.94. The number of ether oxygens (including phenoxy) is 1. The number of hydrogen-bond donors (Lipinski definition) is 0. The maximum absolute atomic E-state index is 5.73. The van der Waals surface area contributed by atoms with Crippen LogP contribution in [0.1, 0.15) is 20.8 Å². The van der Waals surface area contributed by atoms with Crippen LogP contribution in [0.15, 0.2) is 0 Å². The van der Waals surface area contributed by atoms with Crippen LogP contribution in [0, 0.1) is 0 Å². The Morgan fingerprint density at radius 1 is 1.29 bits per heavy atom. The molecule has 0 aromatic carbocycles. The van der Waals surface area contributed by atoms with Crippen LogP contribution in [0.2, 0.25) is 0 Å². The summed E-state index contributed by atoms with van der Waals surface area (Å²) in [6, 6.07) is 0. The Bertz CT molecular complexity index is 184. The zero-order valence-electron chi connectivity index (χ0n) is 10.2. The summed E-state index contributed by atoms with van der Waals surface area (Å²) in [4.78, 5) is 4.79. The first-order chi connectivity index (χ1) is 6.44. The minimum atomic E-state index is 0.178. The zero-order valence-corrected chi connectivity index (χ0v) is 10.2. The molecule has 84 valence electrons. The summed E-state index contributed by atoms with van der Waals surface area (Å²) in [6.45, 7) is 10.7. The van der Waals surface area contributed by atoms with Gasteiger partial charge in [0.2, 0.25) is 0 Å². The van der Waals surface area contributed by atoms with Crippen LogP contribution in [0.3, 0.4) is 0 Å². The van der Waals surface area contributed by atoms with Crippen LogP contribution in [-0.4, -0.2) is 61.8 Å². The second-order valence-corrected chi connectivity index (χ2v) is 5.02. The number of hydrogen-bond acceptors (Lipinski definition) is 3. The van der Waals surface area contributed by atoms with Gasteiger partial charge < -0.3 is 9.64 Å². The molecular formula is C11H24N2O. The molecular weight excluding hydrogens is 176 g/mol. The summed E-state index contributed by atoms with van der Waals surface area (Å²) in [5.74, 6) is 0. The predicted octanol–water partition coefficient (Wildman–Crippen LogP) is 1.05. The standard InChI is InChI=1S/C11H24N2O/c1-10(2)14-9-11(3)8-12(4)6-7-13(11)5/h10H,6-9H2,1-5H3. The maximum atomic E-state index is 5.73. The van der Waals surface area contributed by atoms with Crippen LogP contribution < -0.4 is 0 Å². The Hall–Kier alpha value is -0.120. The number of likely N-dealkylation sites (N-methyl/N-ethyl adjacent to an activating group) is 2. The Morgan fingerprint density at radius 2 is 1.93 bits per heavy atom. The molecule has 1 heterocycles. The van der Waals surface area contributed by atoms with Crippen LogP contribution in [-0.2, 0) is 4.74 Å². The van der Waals surface area contributed by atoms with Gasteiger partial charge in [0.05, 0.1) is 18.2 Å². The van der Waals surface area contributed by atoms with Gasteiger partial charge in [-0.25, -0.2) is 0 Å². The number of rotatable bonds is 3. The van der Waals surface area contributed by atoms with Crippen molar-refractivity contribution >= 4 is 0 Å². The fraction of sp³-hybridized carbons (Fsp3) is 1.00. The van der Waals surface area contributed by atoms with E-state index in [1.165, 1.54) is 0 Å². The molecule has 0 saturated carbocycles. The highest BCUT2D eigenvalue weighted by Gasteiger charge is 2.34. The third-order valence-electron chi connectivity index (χ3n) is 3.08. The smallest absolute Gasteiger partial charge is 0.0663 e. The van der Waals surface area contributed by atoms with Crippen molar-refractivity contribution in [2.75, 3.05) is 40.3 Å². The first-order valence-electron chi connectivity index (χ1n) is 5.45. The SMILES string of the molecule is CC(C)OCC1(C)CN(C)CCN1C. The highest BCUT2D eigenvalue weighted by atomic mass is 16.5. The molecule has 0 aliphatic carbocycles. The Balaban J connectivity index is 2.50. The average molecular weight is 200 g/mol. The highest BCUT2D eigenvalue weighted by molar-refractivity contribution is 4.91. The van der Waals surface area contributed by atoms with Crippen molar-refractivity contribution in [2.45, 2.75) is 32.4 Å². The van der Waals surface area contributed by atoms with E-state index in [0.717, 1.165) is 26.2 Å². The van der Waals surface area contributed by atoms with Crippen molar-refractivity contribution in [3.63, 3.8) is 0 Å². The first-order valence-corrected chi connectivity index (χ1v) is 5.45. The van der Waals surface area contributed by atoms with E-state index in [1.54, 1.807) is 0 Å². The minimum absolute atomic E-state index is 0.178. The molecule has 0 aromatic rings. The molecule has 0 aromatic heterocycles. The Labute approximate surface area is 88.0 Å². The Morgan fingerprint density at radius 3 is 2.50 bits per heavy atom. The summed E-state index contributed by atoms with van der Waals surface area (Å²) < 4.78 is 5.73. The van der Waals surface area contributed by atoms with Gasteiger partial charge >= 0.3 is 0 Å². The van der Waals surface area contributed by atoms with Crippen molar-refractivity contribution in [3.05, 3.63) is 0 Å². The lowest BCUT2D eigenvalue weighted by molar-refractivity contribution is -0.0472. The molecule has 0 spiro atoms. The summed E-state index contributed by atoms with van der Waals surface area (Å²) in [7, 11) is 4.37. The van der Waals surface area contributed by atoms with Gasteiger partial charge in [0.25, 0.3) is 0 Å². The van der Waals surface area contributed by atoms with Crippen molar-refractivity contribution in [3.8, 4) is 0 Å². The van der Waals surface area contributed by atoms with Gasteiger partial charge in [-0.3, -0.25) is 4.90 Å². The topological polar surface area (TPSA) is 15.7 Å². The monoisotopic (exact) mass is 200 g/mol. The molecule has 14 heavy (non-hydrogen) atoms. The van der Waals surface area contributed by atoms with Crippen molar-refractivity contribution in [1.82, 2.24) is 9.80 Å². The lowest BCUT2D eigenvalue weighted by Gasteiger charge is -2.46. The average Bonchev–Trinajstić information content (AvgIpc) is 2.09. The van der Waals surface area contributed by atoms with Gasteiger partial charge in [-0.1, -0.05) is 0 Å². The summed E-state index contributed by atoms with van der Waals surface area (Å²) in [5.41, 5.74) is 0.178. The highest BCUT2D eigenvalue weighted by Crippen LogP contribution is 2.19. The molecule has 1 unspecified atom stereocenters. The molecule has 1 rings (SSSR count). The second-order valence-electron chi connectivity index (χ2n) is 5.02. The molecule has 0 bridgehead atoms. The molecule has 0 amide bonds. The van der Waals surface area contributed by atoms with E-state index >= 15 is 0 Å². The lowest BCUT2D eigenvalue weighted by atomic mass is 9.98. The van der Waals surface area contributed by atoms with Crippen LogP contribution in [0.5, 0.6) is 0 Å². The molecule has 3 heteroatoms. The third-order valence-corrected chi connectivity index (χ3v) is 3.08. The molecule has 0 radical (unpaired) electrons. The largest absolute Gasteiger partial charge is 0.377 e. The molecule has 1 saturated heterocycles. The van der Waals surface area contributed by atoms with Gasteiger partial charge in [0.1, 0.15) is 0 Å². The van der Waals surface area contributed by atoms with Gasteiger partial charge in [-0.15, -0.1) is 0 Å². The van der Waals surface area contributed by atoms with Crippen molar-refractivity contribution in [1.29, 1.82) is 0 Å². The quantitative estimate of drug-likeness (QED) is 0.677. The lowest BCUT2D eigenvalue weighted by Crippen LogP contribution is -2.60. The molecule has 1 aliphatic heterocycles. The molecule has 1 atom stereocenters. The van der Waals surface area contributed by atoms with Gasteiger partial charge in [0, 0.05) is 19.6 Å². The molecule has 3 nitrogen and oxygen atoms in total. The first kappa shape index (κ1) is 12.0. The Kier molecular flexibility index (Phi) is 3.93. The van der Waals surface area contributed by atoms with Gasteiger partial charge in [0.15, 0.2) is 0 Å². The van der Waals surface area contributed by atoms with E-state index in [4.69, 9.17) is 4.74 Å². The van der Waals surface area contributed by atoms with E-state index in [2.05, 4.69) is 44.7 Å². The van der Waals surface area contributed by atoms with E-state index in [1.807, 2.05) is 0 Å². The van der Waals surface area contributed by atoms with Crippen LogP contribution in [0.25, 0.3) is 0 Å². The van der Waals surface area contributed by atoms with Gasteiger partial charge in [-0.05, 0) is 34.9 Å². The van der Waals surface area contributed by atoms with Crippen molar-refractivity contribution in [2.24, 2.45) is 0 Å². The molecule has 1 aliphatic rings. The number of piperazine rings is 1. The zero-order chi connectivity index (χ0) is 10.8. The van der Waals surface area contributed by atoms with E-state index in [0.29, 0.717) is 6.10 Å². The molecule has 1 fully saturated rings. The van der Waals surface area contributed by atoms with E-state index in [9.17, 15) is 0 Å². The fourth-order valence-electron chi connectivity index (χ4n) is 1.87. The van der Waals surface area contributed by atoms with Crippen LogP contribution >= 0.6 is 0 Å². The maximum Gasteiger partial charge on any atom is 0.0663 e. The second kappa shape index (κ2) is 4.60. The summed E-state index contributed by atoms with van der Waals surface area (Å²) in [5, 5.41) is 0. The normalized spacial score (nSPS) is 31.3. The van der Waals surface area contributed by atoms with Gasteiger partial charge in [-0.2, -0.15) is 0 Å². The minimum Gasteiger partial charge on any atom is -0.377 e. The summed E-state index contributed by atoms with van der Waals surface area (Å²) >= 11 is 0. The summed E-state index contributed by atoms with van der Waals surface area (Å²) in [6.07, 6.45) is 0.326.